The Morgan fingerprint density at radius 2 is 1.85 bits per heavy atom. The second-order valence-corrected chi connectivity index (χ2v) is 7.97. The number of aromatic nitrogens is 1. The van der Waals surface area contributed by atoms with E-state index in [0.717, 1.165) is 23.1 Å². The Morgan fingerprint density at radius 3 is 2.62 bits per heavy atom. The zero-order chi connectivity index (χ0) is 18.5. The number of fused-ring (bicyclic) bond motifs is 3. The van der Waals surface area contributed by atoms with Gasteiger partial charge in [0.25, 0.3) is 0 Å². The van der Waals surface area contributed by atoms with Gasteiger partial charge in [-0.25, -0.2) is 12.8 Å². The van der Waals surface area contributed by atoms with Gasteiger partial charge in [-0.2, -0.15) is 0 Å². The van der Waals surface area contributed by atoms with Crippen molar-refractivity contribution < 1.29 is 17.2 Å². The summed E-state index contributed by atoms with van der Waals surface area (Å²) in [7, 11) is -3.53. The normalized spacial score (nSPS) is 11.9. The molecule has 26 heavy (non-hydrogen) atoms. The first-order valence-electron chi connectivity index (χ1n) is 7.62. The summed E-state index contributed by atoms with van der Waals surface area (Å²) < 4.78 is 42.7. The first-order valence-corrected chi connectivity index (χ1v) is 9.51. The largest absolute Gasteiger partial charge is 0.454 e. The Hall–Kier alpha value is -3.13. The average Bonchev–Trinajstić information content (AvgIpc) is 2.90. The maximum absolute atomic E-state index is 13.8. The molecule has 0 spiro atoms. The van der Waals surface area contributed by atoms with Crippen LogP contribution in [-0.2, 0) is 9.84 Å². The van der Waals surface area contributed by atoms with E-state index in [1.807, 2.05) is 0 Å². The Balaban J connectivity index is 1.79. The number of aromatic amines is 1. The maximum atomic E-state index is 13.8. The van der Waals surface area contributed by atoms with E-state index in [1.165, 1.54) is 24.3 Å². The molecule has 6 nitrogen and oxygen atoms in total. The number of halogens is 1. The van der Waals surface area contributed by atoms with Gasteiger partial charge in [-0.3, -0.25) is 4.79 Å². The van der Waals surface area contributed by atoms with Crippen molar-refractivity contribution in [3.05, 3.63) is 64.7 Å². The van der Waals surface area contributed by atoms with Crippen molar-refractivity contribution in [2.45, 2.75) is 4.90 Å². The van der Waals surface area contributed by atoms with Gasteiger partial charge in [-0.05, 0) is 36.4 Å². The van der Waals surface area contributed by atoms with E-state index >= 15 is 0 Å². The number of rotatable bonds is 3. The topological polar surface area (TPSA) is 92.2 Å². The molecule has 2 aromatic carbocycles. The minimum atomic E-state index is -3.53. The highest BCUT2D eigenvalue weighted by molar-refractivity contribution is 7.90. The molecule has 8 heteroatoms. The fourth-order valence-electron chi connectivity index (χ4n) is 2.78. The summed E-state index contributed by atoms with van der Waals surface area (Å²) in [4.78, 5) is 14.3. The number of hydrogen-bond acceptors (Lipinski definition) is 5. The Bertz CT molecular complexity index is 1320. The van der Waals surface area contributed by atoms with Crippen molar-refractivity contribution in [1.82, 2.24) is 4.98 Å². The number of hydrogen-bond donors (Lipinski definition) is 2. The van der Waals surface area contributed by atoms with Crippen LogP contribution in [0.3, 0.4) is 0 Å². The van der Waals surface area contributed by atoms with Gasteiger partial charge in [-0.1, -0.05) is 0 Å². The average molecular weight is 372 g/mol. The maximum Gasteiger partial charge on any atom is 0.182 e. The zero-order valence-electron chi connectivity index (χ0n) is 13.5. The minimum Gasteiger partial charge on any atom is -0.454 e. The fraction of sp³-hybridized carbons (Fsp3) is 0.0556. The molecule has 0 unspecified atom stereocenters. The van der Waals surface area contributed by atoms with Gasteiger partial charge < -0.3 is 14.7 Å². The summed E-state index contributed by atoms with van der Waals surface area (Å²) in [6, 6.07) is 9.81. The van der Waals surface area contributed by atoms with Crippen LogP contribution in [0.5, 0.6) is 0 Å². The van der Waals surface area contributed by atoms with Gasteiger partial charge in [0.15, 0.2) is 20.8 Å². The van der Waals surface area contributed by atoms with Crippen LogP contribution in [-0.4, -0.2) is 19.7 Å². The number of H-pyrrole nitrogens is 1. The Labute approximate surface area is 147 Å². The van der Waals surface area contributed by atoms with E-state index in [0.29, 0.717) is 17.0 Å². The zero-order valence-corrected chi connectivity index (χ0v) is 14.4. The summed E-state index contributed by atoms with van der Waals surface area (Å²) in [5, 5.41) is 4.49. The van der Waals surface area contributed by atoms with E-state index < -0.39 is 15.7 Å². The van der Waals surface area contributed by atoms with Crippen LogP contribution < -0.4 is 10.7 Å². The van der Waals surface area contributed by atoms with Crippen LogP contribution in [0.15, 0.2) is 62.8 Å². The first kappa shape index (κ1) is 16.3. The van der Waals surface area contributed by atoms with Gasteiger partial charge in [0, 0.05) is 35.0 Å². The molecule has 0 amide bonds. The number of benzene rings is 2. The number of sulfone groups is 1. The molecule has 0 aliphatic carbocycles. The van der Waals surface area contributed by atoms with Crippen molar-refractivity contribution in [3.63, 3.8) is 0 Å². The third-order valence-electron chi connectivity index (χ3n) is 3.95. The molecular formula is C18H13FN2O4S. The van der Waals surface area contributed by atoms with Crippen molar-refractivity contribution in [1.29, 1.82) is 0 Å². The monoisotopic (exact) mass is 372 g/mol. The van der Waals surface area contributed by atoms with E-state index in [4.69, 9.17) is 4.42 Å². The van der Waals surface area contributed by atoms with Crippen molar-refractivity contribution in [2.24, 2.45) is 0 Å². The standard InChI is InChI=1S/C18H13FN2O4S/c1-26(23,24)13-5-10(19)4-11(6-13)21-18-8-15-14-3-2-12(22)7-16(14)25-17(15)9-20-18/h2-9,20-21H,1H3. The summed E-state index contributed by atoms with van der Waals surface area (Å²) in [6.07, 6.45) is 2.63. The first-order chi connectivity index (χ1) is 12.3. The molecular weight excluding hydrogens is 359 g/mol. The quantitative estimate of drug-likeness (QED) is 0.574. The number of pyridine rings is 1. The van der Waals surface area contributed by atoms with Gasteiger partial charge in [0.05, 0.1) is 4.90 Å². The minimum absolute atomic E-state index is 0.113. The van der Waals surface area contributed by atoms with Gasteiger partial charge in [-0.15, -0.1) is 0 Å². The van der Waals surface area contributed by atoms with Gasteiger partial charge in [0.1, 0.15) is 17.2 Å². The lowest BCUT2D eigenvalue weighted by Crippen LogP contribution is -2.00. The molecule has 0 aliphatic heterocycles. The molecule has 0 bridgehead atoms. The van der Waals surface area contributed by atoms with Crippen LogP contribution in [0.1, 0.15) is 0 Å². The van der Waals surface area contributed by atoms with Crippen LogP contribution in [0.4, 0.5) is 15.9 Å². The van der Waals surface area contributed by atoms with Crippen molar-refractivity contribution in [3.8, 4) is 0 Å². The number of nitrogens with one attached hydrogen (secondary N) is 2. The van der Waals surface area contributed by atoms with Crippen molar-refractivity contribution >= 4 is 43.3 Å². The van der Waals surface area contributed by atoms with E-state index in [2.05, 4.69) is 10.3 Å². The molecule has 0 radical (unpaired) electrons. The van der Waals surface area contributed by atoms with E-state index in [9.17, 15) is 17.6 Å². The van der Waals surface area contributed by atoms with Crippen LogP contribution in [0.2, 0.25) is 0 Å². The molecule has 0 atom stereocenters. The molecule has 0 saturated heterocycles. The molecule has 4 rings (SSSR count). The second kappa shape index (κ2) is 5.70. The highest BCUT2D eigenvalue weighted by atomic mass is 32.2. The Kier molecular flexibility index (Phi) is 3.58. The summed E-state index contributed by atoms with van der Waals surface area (Å²) in [5.41, 5.74) is 1.18. The predicted octanol–water partition coefficient (Wildman–Crippen LogP) is 3.56. The van der Waals surface area contributed by atoms with Crippen molar-refractivity contribution in [2.75, 3.05) is 11.6 Å². The molecule has 2 aromatic heterocycles. The molecule has 2 heterocycles. The smallest absolute Gasteiger partial charge is 0.182 e. The lowest BCUT2D eigenvalue weighted by Gasteiger charge is -2.08. The number of furan rings is 1. The molecule has 4 aromatic rings. The van der Waals surface area contributed by atoms with Gasteiger partial charge in [0.2, 0.25) is 0 Å². The van der Waals surface area contributed by atoms with E-state index in [-0.39, 0.29) is 16.0 Å². The van der Waals surface area contributed by atoms with E-state index in [1.54, 1.807) is 18.3 Å². The second-order valence-electron chi connectivity index (χ2n) is 5.96. The lowest BCUT2D eigenvalue weighted by molar-refractivity contribution is 0.596. The number of anilines is 2. The highest BCUT2D eigenvalue weighted by Crippen LogP contribution is 2.30. The molecule has 132 valence electrons. The molecule has 0 saturated carbocycles. The van der Waals surface area contributed by atoms with Crippen LogP contribution >= 0.6 is 0 Å². The molecule has 0 aliphatic rings. The lowest BCUT2D eigenvalue weighted by atomic mass is 10.2. The summed E-state index contributed by atoms with van der Waals surface area (Å²) in [5.74, 6) is -0.148. The predicted molar refractivity (Wildman–Crippen MR) is 97.1 cm³/mol. The third kappa shape index (κ3) is 2.95. The Morgan fingerprint density at radius 1 is 1.04 bits per heavy atom. The highest BCUT2D eigenvalue weighted by Gasteiger charge is 2.12. The summed E-state index contributed by atoms with van der Waals surface area (Å²) in [6.45, 7) is 0. The SMILES string of the molecule is CS(=O)(=O)c1cc(F)cc(Nc2cc3c(c[nH]2)oc2cc(=O)ccc23)c1. The van der Waals surface area contributed by atoms with Crippen LogP contribution in [0.25, 0.3) is 21.9 Å². The fourth-order valence-corrected chi connectivity index (χ4v) is 3.45. The van der Waals surface area contributed by atoms with Gasteiger partial charge >= 0.3 is 0 Å². The molecule has 0 fully saturated rings. The molecule has 2 N–H and O–H groups in total. The third-order valence-corrected chi connectivity index (χ3v) is 5.05. The van der Waals surface area contributed by atoms with Crippen LogP contribution in [0, 0.1) is 5.82 Å². The summed E-state index contributed by atoms with van der Waals surface area (Å²) >= 11 is 0.